The first-order valence-corrected chi connectivity index (χ1v) is 6.29. The molecule has 1 rings (SSSR count). The highest BCUT2D eigenvalue weighted by Gasteiger charge is 1.99. The summed E-state index contributed by atoms with van der Waals surface area (Å²) < 4.78 is 21.4. The summed E-state index contributed by atoms with van der Waals surface area (Å²) in [5.74, 6) is 5.72. The molecule has 17 heavy (non-hydrogen) atoms. The highest BCUT2D eigenvalue weighted by atomic mass is 32.2. The lowest BCUT2D eigenvalue weighted by Crippen LogP contribution is -1.89. The zero-order valence-corrected chi connectivity index (χ0v) is 11.0. The van der Waals surface area contributed by atoms with Crippen LogP contribution in [-0.4, -0.2) is 8.76 Å². The lowest BCUT2D eigenvalue weighted by Gasteiger charge is -2.06. The molecule has 1 unspecified atom stereocenters. The first-order chi connectivity index (χ1) is 8.04. The van der Waals surface area contributed by atoms with Gasteiger partial charge >= 0.3 is 0 Å². The number of thiol groups is 1. The molecule has 1 atom stereocenters. The van der Waals surface area contributed by atoms with Crippen molar-refractivity contribution < 1.29 is 8.76 Å². The Morgan fingerprint density at radius 3 is 2.47 bits per heavy atom. The number of rotatable bonds is 3. The van der Waals surface area contributed by atoms with Crippen molar-refractivity contribution in [1.29, 1.82) is 0 Å². The third-order valence-corrected chi connectivity index (χ3v) is 2.71. The van der Waals surface area contributed by atoms with Gasteiger partial charge in [0, 0.05) is 10.5 Å². The van der Waals surface area contributed by atoms with Crippen LogP contribution in [0.5, 0.6) is 0 Å². The maximum Gasteiger partial charge on any atom is 0.0328 e. The standard InChI is InChI=1S/C13H12O2S2/c1-3-4-12(9-10(2)16)11-5-7-13(8-6-11)17(14)15/h5-9,16H,2H2,1H3,(H,14,15)/p-1/b12-9+. The normalized spacial score (nSPS) is 12.5. The molecule has 0 radical (unpaired) electrons. The highest BCUT2D eigenvalue weighted by molar-refractivity contribution is 7.84. The summed E-state index contributed by atoms with van der Waals surface area (Å²) >= 11 is 1.89. The lowest BCUT2D eigenvalue weighted by molar-refractivity contribution is 0.537. The molecule has 1 aromatic carbocycles. The van der Waals surface area contributed by atoms with Crippen LogP contribution in [0.2, 0.25) is 0 Å². The van der Waals surface area contributed by atoms with Crippen LogP contribution < -0.4 is 0 Å². The summed E-state index contributed by atoms with van der Waals surface area (Å²) in [6.07, 6.45) is 1.74. The van der Waals surface area contributed by atoms with E-state index in [-0.39, 0.29) is 4.90 Å². The second-order valence-electron chi connectivity index (χ2n) is 3.18. The molecule has 0 bridgehead atoms. The van der Waals surface area contributed by atoms with Gasteiger partial charge in [-0.1, -0.05) is 24.6 Å². The van der Waals surface area contributed by atoms with Crippen molar-refractivity contribution in [3.8, 4) is 11.8 Å². The van der Waals surface area contributed by atoms with Crippen LogP contribution >= 0.6 is 12.6 Å². The fourth-order valence-electron chi connectivity index (χ4n) is 1.24. The summed E-state index contributed by atoms with van der Waals surface area (Å²) in [4.78, 5) is 0.849. The largest absolute Gasteiger partial charge is 0.768 e. The molecule has 4 heteroatoms. The maximum atomic E-state index is 10.7. The minimum absolute atomic E-state index is 0.252. The Kier molecular flexibility index (Phi) is 5.23. The van der Waals surface area contributed by atoms with Crippen LogP contribution in [0, 0.1) is 11.8 Å². The monoisotopic (exact) mass is 263 g/mol. The van der Waals surface area contributed by atoms with Gasteiger partial charge in [-0.15, -0.1) is 18.5 Å². The van der Waals surface area contributed by atoms with E-state index in [1.165, 1.54) is 12.1 Å². The highest BCUT2D eigenvalue weighted by Crippen LogP contribution is 2.18. The molecule has 0 aliphatic rings. The van der Waals surface area contributed by atoms with Gasteiger partial charge in [0.1, 0.15) is 0 Å². The van der Waals surface area contributed by atoms with Crippen molar-refractivity contribution in [3.63, 3.8) is 0 Å². The molecular weight excluding hydrogens is 252 g/mol. The first-order valence-electron chi connectivity index (χ1n) is 4.76. The summed E-state index contributed by atoms with van der Waals surface area (Å²) in [5, 5.41) is 0. The molecule has 0 aliphatic heterocycles. The molecule has 0 saturated heterocycles. The van der Waals surface area contributed by atoms with Gasteiger partial charge in [-0.05, 0) is 46.7 Å². The van der Waals surface area contributed by atoms with Crippen molar-refractivity contribution >= 4 is 29.3 Å². The van der Waals surface area contributed by atoms with E-state index >= 15 is 0 Å². The molecule has 0 spiro atoms. The number of hydrogen-bond acceptors (Lipinski definition) is 3. The molecule has 0 heterocycles. The quantitative estimate of drug-likeness (QED) is 0.394. The minimum Gasteiger partial charge on any atom is -0.768 e. The lowest BCUT2D eigenvalue weighted by atomic mass is 10.1. The predicted octanol–water partition coefficient (Wildman–Crippen LogP) is 2.77. The van der Waals surface area contributed by atoms with E-state index in [0.29, 0.717) is 4.91 Å². The summed E-state index contributed by atoms with van der Waals surface area (Å²) in [6, 6.07) is 6.48. The molecule has 0 saturated carbocycles. The fourth-order valence-corrected chi connectivity index (χ4v) is 1.73. The molecule has 1 aromatic rings. The minimum atomic E-state index is -2.20. The van der Waals surface area contributed by atoms with Crippen molar-refractivity contribution in [1.82, 2.24) is 0 Å². The van der Waals surface area contributed by atoms with Crippen molar-refractivity contribution in [2.45, 2.75) is 11.8 Å². The zero-order chi connectivity index (χ0) is 12.8. The second-order valence-corrected chi connectivity index (χ2v) is 4.70. The average Bonchev–Trinajstić information content (AvgIpc) is 2.28. The van der Waals surface area contributed by atoms with Gasteiger partial charge in [0.25, 0.3) is 0 Å². The Hall–Kier alpha value is -1.28. The third-order valence-electron chi connectivity index (χ3n) is 1.93. The SMILES string of the molecule is C=C(S)/C=C(\C#CC)c1ccc(S(=O)[O-])cc1. The summed E-state index contributed by atoms with van der Waals surface area (Å²) in [5.41, 5.74) is 1.60. The van der Waals surface area contributed by atoms with Crippen LogP contribution in [-0.2, 0) is 11.1 Å². The van der Waals surface area contributed by atoms with Gasteiger partial charge < -0.3 is 4.55 Å². The van der Waals surface area contributed by atoms with E-state index in [9.17, 15) is 8.76 Å². The molecule has 0 aromatic heterocycles. The first kappa shape index (κ1) is 13.8. The second kappa shape index (κ2) is 6.45. The Bertz CT molecular complexity index is 531. The average molecular weight is 263 g/mol. The van der Waals surface area contributed by atoms with E-state index in [2.05, 4.69) is 31.0 Å². The summed E-state index contributed by atoms with van der Waals surface area (Å²) in [6.45, 7) is 5.40. The molecule has 0 amide bonds. The van der Waals surface area contributed by atoms with Crippen LogP contribution in [0.15, 0.2) is 46.7 Å². The van der Waals surface area contributed by atoms with Gasteiger partial charge in [-0.25, -0.2) is 0 Å². The molecule has 0 fully saturated rings. The maximum absolute atomic E-state index is 10.7. The smallest absolute Gasteiger partial charge is 0.0328 e. The van der Waals surface area contributed by atoms with Crippen molar-refractivity contribution in [3.05, 3.63) is 47.4 Å². The number of benzene rings is 1. The fraction of sp³-hybridized carbons (Fsp3) is 0.0769. The Balaban J connectivity index is 3.15. The molecular formula is C13H11O2S2-. The van der Waals surface area contributed by atoms with Crippen LogP contribution in [0.3, 0.4) is 0 Å². The van der Waals surface area contributed by atoms with E-state index in [1.807, 2.05) is 0 Å². The van der Waals surface area contributed by atoms with E-state index in [0.717, 1.165) is 11.1 Å². The zero-order valence-electron chi connectivity index (χ0n) is 9.27. The van der Waals surface area contributed by atoms with Gasteiger partial charge in [0.2, 0.25) is 0 Å². The summed E-state index contributed by atoms with van der Waals surface area (Å²) in [7, 11) is 0. The van der Waals surface area contributed by atoms with Crippen molar-refractivity contribution in [2.24, 2.45) is 0 Å². The van der Waals surface area contributed by atoms with Gasteiger partial charge in [-0.2, -0.15) is 0 Å². The van der Waals surface area contributed by atoms with Gasteiger partial charge in [-0.3, -0.25) is 4.21 Å². The van der Waals surface area contributed by atoms with Crippen LogP contribution in [0.1, 0.15) is 12.5 Å². The molecule has 0 aliphatic carbocycles. The van der Waals surface area contributed by atoms with Gasteiger partial charge in [0.15, 0.2) is 0 Å². The number of hydrogen-bond donors (Lipinski definition) is 1. The van der Waals surface area contributed by atoms with Crippen LogP contribution in [0.25, 0.3) is 5.57 Å². The van der Waals surface area contributed by atoms with E-state index < -0.39 is 11.1 Å². The number of allylic oxidation sites excluding steroid dienone is 2. The Morgan fingerprint density at radius 2 is 2.06 bits per heavy atom. The van der Waals surface area contributed by atoms with Crippen LogP contribution in [0.4, 0.5) is 0 Å². The topological polar surface area (TPSA) is 40.1 Å². The predicted molar refractivity (Wildman–Crippen MR) is 73.2 cm³/mol. The van der Waals surface area contributed by atoms with E-state index in [1.54, 1.807) is 25.1 Å². The van der Waals surface area contributed by atoms with Gasteiger partial charge in [0.05, 0.1) is 0 Å². The molecule has 2 nitrogen and oxygen atoms in total. The Labute approximate surface area is 109 Å². The third kappa shape index (κ3) is 4.23. The Morgan fingerprint density at radius 1 is 1.47 bits per heavy atom. The van der Waals surface area contributed by atoms with Crippen molar-refractivity contribution in [2.75, 3.05) is 0 Å². The molecule has 0 N–H and O–H groups in total. The molecule has 88 valence electrons. The van der Waals surface area contributed by atoms with E-state index in [4.69, 9.17) is 0 Å².